The van der Waals surface area contributed by atoms with Gasteiger partial charge < -0.3 is 11.1 Å². The molecule has 1 aliphatic carbocycles. The molecule has 1 fully saturated rings. The third-order valence-corrected chi connectivity index (χ3v) is 3.42. The number of hydrogen-bond donors (Lipinski definition) is 2. The second kappa shape index (κ2) is 6.83. The van der Waals surface area contributed by atoms with Crippen LogP contribution in [-0.4, -0.2) is 19.0 Å². The van der Waals surface area contributed by atoms with Gasteiger partial charge in [0.15, 0.2) is 0 Å². The second-order valence-corrected chi connectivity index (χ2v) is 4.57. The van der Waals surface area contributed by atoms with Crippen LogP contribution < -0.4 is 11.1 Å². The second-order valence-electron chi connectivity index (χ2n) is 4.57. The lowest BCUT2D eigenvalue weighted by molar-refractivity contribution is -0.125. The average Bonchev–Trinajstić information content (AvgIpc) is 2.50. The van der Waals surface area contributed by atoms with Crippen molar-refractivity contribution in [3.8, 4) is 0 Å². The number of amides is 1. The van der Waals surface area contributed by atoms with Gasteiger partial charge in [-0.3, -0.25) is 4.79 Å². The van der Waals surface area contributed by atoms with Crippen LogP contribution in [0.15, 0.2) is 0 Å². The smallest absolute Gasteiger partial charge is 0.223 e. The number of carbonyl (C=O) groups excluding carboxylic acids is 1. The summed E-state index contributed by atoms with van der Waals surface area (Å²) >= 11 is 0. The standard InChI is InChI=1S/C12H24N2O/c1-2-10-5-3-4-6-11(9-10)12(15)14-8-7-13/h10-11H,2-9,13H2,1H3,(H,14,15). The highest BCUT2D eigenvalue weighted by atomic mass is 16.1. The van der Waals surface area contributed by atoms with E-state index in [2.05, 4.69) is 12.2 Å². The Labute approximate surface area is 92.8 Å². The fraction of sp³-hybridized carbons (Fsp3) is 0.917. The molecule has 2 unspecified atom stereocenters. The van der Waals surface area contributed by atoms with Gasteiger partial charge in [0.25, 0.3) is 0 Å². The van der Waals surface area contributed by atoms with Crippen molar-refractivity contribution in [3.05, 3.63) is 0 Å². The van der Waals surface area contributed by atoms with E-state index in [0.717, 1.165) is 18.8 Å². The van der Waals surface area contributed by atoms with Crippen LogP contribution in [0.5, 0.6) is 0 Å². The van der Waals surface area contributed by atoms with E-state index < -0.39 is 0 Å². The van der Waals surface area contributed by atoms with Crippen LogP contribution in [0.2, 0.25) is 0 Å². The minimum absolute atomic E-state index is 0.223. The molecule has 1 rings (SSSR count). The Kier molecular flexibility index (Phi) is 5.69. The topological polar surface area (TPSA) is 55.1 Å². The fourth-order valence-corrected chi connectivity index (χ4v) is 2.41. The number of carbonyl (C=O) groups is 1. The number of hydrogen-bond acceptors (Lipinski definition) is 2. The normalized spacial score (nSPS) is 27.1. The van der Waals surface area contributed by atoms with Gasteiger partial charge in [0.1, 0.15) is 0 Å². The van der Waals surface area contributed by atoms with Gasteiger partial charge in [-0.15, -0.1) is 0 Å². The lowest BCUT2D eigenvalue weighted by atomic mass is 9.91. The molecule has 0 heterocycles. The largest absolute Gasteiger partial charge is 0.355 e. The number of nitrogens with two attached hydrogens (primary N) is 1. The van der Waals surface area contributed by atoms with E-state index in [1.807, 2.05) is 0 Å². The van der Waals surface area contributed by atoms with Gasteiger partial charge in [-0.05, 0) is 18.8 Å². The Bertz CT molecular complexity index is 194. The Morgan fingerprint density at radius 1 is 1.40 bits per heavy atom. The highest BCUT2D eigenvalue weighted by Gasteiger charge is 2.24. The van der Waals surface area contributed by atoms with Crippen LogP contribution in [0.25, 0.3) is 0 Å². The Hall–Kier alpha value is -0.570. The molecule has 15 heavy (non-hydrogen) atoms. The summed E-state index contributed by atoms with van der Waals surface area (Å²) in [7, 11) is 0. The van der Waals surface area contributed by atoms with Crippen LogP contribution in [0.1, 0.15) is 45.4 Å². The van der Waals surface area contributed by atoms with Gasteiger partial charge >= 0.3 is 0 Å². The molecular weight excluding hydrogens is 188 g/mol. The summed E-state index contributed by atoms with van der Waals surface area (Å²) in [5.41, 5.74) is 5.38. The highest BCUT2D eigenvalue weighted by molar-refractivity contribution is 5.78. The lowest BCUT2D eigenvalue weighted by Crippen LogP contribution is -2.34. The first-order chi connectivity index (χ1) is 7.27. The maximum absolute atomic E-state index is 11.8. The zero-order chi connectivity index (χ0) is 11.1. The molecule has 0 aromatic rings. The molecule has 0 radical (unpaired) electrons. The van der Waals surface area contributed by atoms with Gasteiger partial charge in [-0.25, -0.2) is 0 Å². The summed E-state index contributed by atoms with van der Waals surface area (Å²) in [5.74, 6) is 1.21. The molecule has 0 aliphatic heterocycles. The molecule has 1 aliphatic rings. The minimum atomic E-state index is 0.223. The third-order valence-electron chi connectivity index (χ3n) is 3.42. The summed E-state index contributed by atoms with van der Waals surface area (Å²) in [6.45, 7) is 3.38. The number of rotatable bonds is 4. The maximum Gasteiger partial charge on any atom is 0.223 e. The van der Waals surface area contributed by atoms with Crippen LogP contribution in [0.4, 0.5) is 0 Å². The zero-order valence-electron chi connectivity index (χ0n) is 9.80. The molecule has 3 heteroatoms. The summed E-state index contributed by atoms with van der Waals surface area (Å²) in [5, 5.41) is 2.91. The van der Waals surface area contributed by atoms with E-state index in [4.69, 9.17) is 5.73 Å². The van der Waals surface area contributed by atoms with Crippen molar-refractivity contribution < 1.29 is 4.79 Å². The Balaban J connectivity index is 2.40. The van der Waals surface area contributed by atoms with E-state index >= 15 is 0 Å². The Morgan fingerprint density at radius 3 is 2.80 bits per heavy atom. The first-order valence-corrected chi connectivity index (χ1v) is 6.25. The maximum atomic E-state index is 11.8. The molecule has 0 saturated heterocycles. The summed E-state index contributed by atoms with van der Waals surface area (Å²) in [4.78, 5) is 11.8. The fourth-order valence-electron chi connectivity index (χ4n) is 2.41. The Morgan fingerprint density at radius 2 is 2.13 bits per heavy atom. The lowest BCUT2D eigenvalue weighted by Gasteiger charge is -2.18. The van der Waals surface area contributed by atoms with Crippen molar-refractivity contribution in [2.75, 3.05) is 13.1 Å². The van der Waals surface area contributed by atoms with Crippen molar-refractivity contribution >= 4 is 5.91 Å². The third kappa shape index (κ3) is 4.20. The van der Waals surface area contributed by atoms with E-state index in [0.29, 0.717) is 13.1 Å². The van der Waals surface area contributed by atoms with Gasteiger partial charge in [0, 0.05) is 19.0 Å². The minimum Gasteiger partial charge on any atom is -0.355 e. The molecule has 2 atom stereocenters. The summed E-state index contributed by atoms with van der Waals surface area (Å²) in [6.07, 6.45) is 7.15. The summed E-state index contributed by atoms with van der Waals surface area (Å²) in [6, 6.07) is 0. The SMILES string of the molecule is CCC1CCCCC(C(=O)NCCN)C1. The van der Waals surface area contributed by atoms with E-state index in [1.54, 1.807) is 0 Å². The monoisotopic (exact) mass is 212 g/mol. The molecule has 0 aromatic heterocycles. The van der Waals surface area contributed by atoms with Gasteiger partial charge in [-0.2, -0.15) is 0 Å². The molecule has 1 amide bonds. The van der Waals surface area contributed by atoms with E-state index in [-0.39, 0.29) is 11.8 Å². The van der Waals surface area contributed by atoms with E-state index in [9.17, 15) is 4.79 Å². The van der Waals surface area contributed by atoms with Crippen LogP contribution in [0, 0.1) is 11.8 Å². The van der Waals surface area contributed by atoms with Crippen molar-refractivity contribution in [1.29, 1.82) is 0 Å². The van der Waals surface area contributed by atoms with Crippen LogP contribution in [0.3, 0.4) is 0 Å². The molecule has 1 saturated carbocycles. The first-order valence-electron chi connectivity index (χ1n) is 6.25. The number of nitrogens with one attached hydrogen (secondary N) is 1. The van der Waals surface area contributed by atoms with Crippen molar-refractivity contribution in [2.45, 2.75) is 45.4 Å². The van der Waals surface area contributed by atoms with Gasteiger partial charge in [0.05, 0.1) is 0 Å². The van der Waals surface area contributed by atoms with Crippen molar-refractivity contribution in [3.63, 3.8) is 0 Å². The van der Waals surface area contributed by atoms with Crippen molar-refractivity contribution in [1.82, 2.24) is 5.32 Å². The molecule has 0 aromatic carbocycles. The average molecular weight is 212 g/mol. The quantitative estimate of drug-likeness (QED) is 0.696. The van der Waals surface area contributed by atoms with Gasteiger partial charge in [0.2, 0.25) is 5.91 Å². The molecule has 3 nitrogen and oxygen atoms in total. The summed E-state index contributed by atoms with van der Waals surface area (Å²) < 4.78 is 0. The first kappa shape index (κ1) is 12.5. The van der Waals surface area contributed by atoms with Crippen LogP contribution in [-0.2, 0) is 4.79 Å². The molecular formula is C12H24N2O. The van der Waals surface area contributed by atoms with E-state index in [1.165, 1.54) is 25.7 Å². The molecule has 88 valence electrons. The van der Waals surface area contributed by atoms with Crippen molar-refractivity contribution in [2.24, 2.45) is 17.6 Å². The van der Waals surface area contributed by atoms with Gasteiger partial charge in [-0.1, -0.05) is 32.6 Å². The molecule has 3 N–H and O–H groups in total. The zero-order valence-corrected chi connectivity index (χ0v) is 9.80. The predicted molar refractivity (Wildman–Crippen MR) is 62.4 cm³/mol. The van der Waals surface area contributed by atoms with Crippen LogP contribution >= 0.6 is 0 Å². The highest BCUT2D eigenvalue weighted by Crippen LogP contribution is 2.29. The molecule has 0 bridgehead atoms. The molecule has 0 spiro atoms. The predicted octanol–water partition coefficient (Wildman–Crippen LogP) is 1.67.